The van der Waals surface area contributed by atoms with Gasteiger partial charge >= 0.3 is 5.63 Å². The largest absolute Gasteiger partial charge is 0.487 e. The van der Waals surface area contributed by atoms with Crippen molar-refractivity contribution in [1.82, 2.24) is 0 Å². The van der Waals surface area contributed by atoms with Crippen LogP contribution in [0, 0.1) is 0 Å². The van der Waals surface area contributed by atoms with Crippen molar-refractivity contribution in [3.63, 3.8) is 0 Å². The highest BCUT2D eigenvalue weighted by molar-refractivity contribution is 5.89. The van der Waals surface area contributed by atoms with Crippen molar-refractivity contribution >= 4 is 11.0 Å². The Morgan fingerprint density at radius 3 is 2.81 bits per heavy atom. The highest BCUT2D eigenvalue weighted by Gasteiger charge is 2.48. The van der Waals surface area contributed by atoms with Gasteiger partial charge in [0, 0.05) is 12.1 Å². The zero-order chi connectivity index (χ0) is 14.6. The normalized spacial score (nSPS) is 21.5. The maximum absolute atomic E-state index is 11.4. The fraction of sp³-hybridized carbons (Fsp3) is 0.400. The fourth-order valence-electron chi connectivity index (χ4n) is 2.41. The number of fused-ring (bicyclic) bond motifs is 3. The number of ether oxygens (including phenoxy) is 4. The van der Waals surface area contributed by atoms with E-state index >= 15 is 0 Å². The Labute approximate surface area is 120 Å². The van der Waals surface area contributed by atoms with Crippen LogP contribution in [0.1, 0.15) is 13.8 Å². The monoisotopic (exact) mass is 290 g/mol. The lowest BCUT2D eigenvalue weighted by atomic mass is 10.1. The van der Waals surface area contributed by atoms with Crippen molar-refractivity contribution < 1.29 is 23.4 Å². The van der Waals surface area contributed by atoms with E-state index in [2.05, 4.69) is 0 Å². The minimum absolute atomic E-state index is 0.0500. The number of benzene rings is 1. The highest BCUT2D eigenvalue weighted by atomic mass is 16.7. The number of hydrogen-bond acceptors (Lipinski definition) is 6. The van der Waals surface area contributed by atoms with Crippen molar-refractivity contribution in [1.29, 1.82) is 0 Å². The lowest BCUT2D eigenvalue weighted by Crippen LogP contribution is -2.12. The lowest BCUT2D eigenvalue weighted by molar-refractivity contribution is 0.169. The van der Waals surface area contributed by atoms with E-state index < -0.39 is 5.63 Å². The van der Waals surface area contributed by atoms with E-state index in [-0.39, 0.29) is 18.5 Å². The molecule has 4 rings (SSSR count). The second kappa shape index (κ2) is 4.14. The molecular weight excluding hydrogens is 276 g/mol. The van der Waals surface area contributed by atoms with E-state index in [4.69, 9.17) is 23.4 Å². The van der Waals surface area contributed by atoms with Crippen molar-refractivity contribution in [2.45, 2.75) is 25.6 Å². The molecule has 0 unspecified atom stereocenters. The van der Waals surface area contributed by atoms with Crippen LogP contribution in [0.5, 0.6) is 17.2 Å². The molecule has 2 aliphatic rings. The summed E-state index contributed by atoms with van der Waals surface area (Å²) in [5, 5.41) is 0.692. The zero-order valence-electron chi connectivity index (χ0n) is 11.7. The Kier molecular flexibility index (Phi) is 2.47. The van der Waals surface area contributed by atoms with Gasteiger partial charge in [-0.05, 0) is 19.9 Å². The Hall–Kier alpha value is -2.21. The molecular formula is C15H14O6. The molecule has 0 N–H and O–H groups in total. The average molecular weight is 290 g/mol. The third kappa shape index (κ3) is 2.03. The summed E-state index contributed by atoms with van der Waals surface area (Å²) in [6.07, 6.45) is 0.0500. The average Bonchev–Trinajstić information content (AvgIpc) is 2.87. The number of epoxide rings is 1. The van der Waals surface area contributed by atoms with Crippen LogP contribution >= 0.6 is 0 Å². The summed E-state index contributed by atoms with van der Waals surface area (Å²) in [5.41, 5.74) is -0.152. The molecule has 0 amide bonds. The first-order valence-electron chi connectivity index (χ1n) is 6.72. The van der Waals surface area contributed by atoms with E-state index in [1.165, 1.54) is 6.07 Å². The van der Waals surface area contributed by atoms with Gasteiger partial charge in [0.1, 0.15) is 18.3 Å². The van der Waals surface area contributed by atoms with Crippen LogP contribution in [0.3, 0.4) is 0 Å². The van der Waals surface area contributed by atoms with E-state index in [9.17, 15) is 4.79 Å². The van der Waals surface area contributed by atoms with Gasteiger partial charge in [0.25, 0.3) is 0 Å². The Morgan fingerprint density at radius 2 is 2.05 bits per heavy atom. The van der Waals surface area contributed by atoms with Gasteiger partial charge in [-0.25, -0.2) is 4.79 Å². The van der Waals surface area contributed by atoms with Crippen molar-refractivity contribution in [3.8, 4) is 17.2 Å². The van der Waals surface area contributed by atoms with Gasteiger partial charge < -0.3 is 23.4 Å². The number of hydrogen-bond donors (Lipinski definition) is 0. The fourth-order valence-corrected chi connectivity index (χ4v) is 2.41. The molecule has 2 aromatic rings. The van der Waals surface area contributed by atoms with Crippen molar-refractivity contribution in [2.75, 3.05) is 13.4 Å². The Morgan fingerprint density at radius 1 is 1.29 bits per heavy atom. The van der Waals surface area contributed by atoms with Crippen LogP contribution in [0.15, 0.2) is 27.4 Å². The van der Waals surface area contributed by atoms with Gasteiger partial charge in [-0.15, -0.1) is 0 Å². The van der Waals surface area contributed by atoms with Crippen LogP contribution in [-0.4, -0.2) is 25.1 Å². The molecule has 110 valence electrons. The molecule has 0 aliphatic carbocycles. The van der Waals surface area contributed by atoms with Crippen LogP contribution in [-0.2, 0) is 4.74 Å². The smallest absolute Gasteiger partial charge is 0.336 e. The first-order chi connectivity index (χ1) is 10.0. The predicted molar refractivity (Wildman–Crippen MR) is 73.1 cm³/mol. The molecule has 6 heteroatoms. The SMILES string of the molecule is CC1(C)O[C@@H]1COc1cc2oc(=O)ccc2c2c1OCO2. The van der Waals surface area contributed by atoms with E-state index in [0.717, 1.165) is 0 Å². The van der Waals surface area contributed by atoms with Gasteiger partial charge in [-0.2, -0.15) is 0 Å². The van der Waals surface area contributed by atoms with E-state index in [0.29, 0.717) is 34.8 Å². The standard InChI is InChI=1S/C15H14O6/c1-15(2)11(21-15)6-17-10-5-9-8(3-4-12(16)20-9)13-14(10)19-7-18-13/h3-5,11H,6-7H2,1-2H3/t11-/m1/s1. The molecule has 1 atom stereocenters. The lowest BCUT2D eigenvalue weighted by Gasteiger charge is -2.09. The molecule has 1 fully saturated rings. The Balaban J connectivity index is 1.73. The van der Waals surface area contributed by atoms with Crippen LogP contribution < -0.4 is 19.8 Å². The second-order valence-electron chi connectivity index (χ2n) is 5.63. The molecule has 1 aromatic carbocycles. The highest BCUT2D eigenvalue weighted by Crippen LogP contribution is 2.46. The van der Waals surface area contributed by atoms with Crippen LogP contribution in [0.4, 0.5) is 0 Å². The van der Waals surface area contributed by atoms with Gasteiger partial charge in [-0.3, -0.25) is 0 Å². The van der Waals surface area contributed by atoms with Crippen molar-refractivity contribution in [2.24, 2.45) is 0 Å². The zero-order valence-corrected chi connectivity index (χ0v) is 11.7. The summed E-state index contributed by atoms with van der Waals surface area (Å²) < 4.78 is 27.4. The maximum Gasteiger partial charge on any atom is 0.336 e. The third-order valence-electron chi connectivity index (χ3n) is 3.76. The van der Waals surface area contributed by atoms with E-state index in [1.807, 2.05) is 13.8 Å². The third-order valence-corrected chi connectivity index (χ3v) is 3.76. The Bertz CT molecular complexity index is 776. The van der Waals surface area contributed by atoms with Gasteiger partial charge in [0.05, 0.1) is 11.0 Å². The topological polar surface area (TPSA) is 70.4 Å². The van der Waals surface area contributed by atoms with Crippen molar-refractivity contribution in [3.05, 3.63) is 28.6 Å². The summed E-state index contributed by atoms with van der Waals surface area (Å²) in [7, 11) is 0. The van der Waals surface area contributed by atoms with Gasteiger partial charge in [0.15, 0.2) is 11.5 Å². The summed E-state index contributed by atoms with van der Waals surface area (Å²) in [4.78, 5) is 11.4. The number of rotatable bonds is 3. The summed E-state index contributed by atoms with van der Waals surface area (Å²) in [5.74, 6) is 1.58. The summed E-state index contributed by atoms with van der Waals surface area (Å²) >= 11 is 0. The summed E-state index contributed by atoms with van der Waals surface area (Å²) in [6.45, 7) is 4.54. The molecule has 0 radical (unpaired) electrons. The van der Waals surface area contributed by atoms with Gasteiger partial charge in [0.2, 0.25) is 12.5 Å². The second-order valence-corrected chi connectivity index (χ2v) is 5.63. The molecule has 3 heterocycles. The molecule has 2 aliphatic heterocycles. The molecule has 1 aromatic heterocycles. The molecule has 1 saturated heterocycles. The van der Waals surface area contributed by atoms with Crippen LogP contribution in [0.25, 0.3) is 11.0 Å². The minimum Gasteiger partial charge on any atom is -0.487 e. The van der Waals surface area contributed by atoms with Gasteiger partial charge in [-0.1, -0.05) is 0 Å². The quantitative estimate of drug-likeness (QED) is 0.636. The summed E-state index contributed by atoms with van der Waals surface area (Å²) in [6, 6.07) is 4.66. The first-order valence-corrected chi connectivity index (χ1v) is 6.72. The molecule has 0 spiro atoms. The van der Waals surface area contributed by atoms with E-state index in [1.54, 1.807) is 12.1 Å². The molecule has 0 bridgehead atoms. The predicted octanol–water partition coefficient (Wildman–Crippen LogP) is 2.08. The molecule has 21 heavy (non-hydrogen) atoms. The molecule has 0 saturated carbocycles. The minimum atomic E-state index is -0.418. The maximum atomic E-state index is 11.4. The first kappa shape index (κ1) is 12.5. The van der Waals surface area contributed by atoms with Crippen LogP contribution in [0.2, 0.25) is 0 Å². The molecule has 6 nitrogen and oxygen atoms in total.